The summed E-state index contributed by atoms with van der Waals surface area (Å²) in [5.41, 5.74) is 1.66. The third-order valence-corrected chi connectivity index (χ3v) is 5.47. The summed E-state index contributed by atoms with van der Waals surface area (Å²) in [5, 5.41) is 9.19. The molecule has 0 aromatic heterocycles. The van der Waals surface area contributed by atoms with Crippen LogP contribution in [0.5, 0.6) is 5.75 Å². The first-order valence-electron chi connectivity index (χ1n) is 7.29. The van der Waals surface area contributed by atoms with Gasteiger partial charge in [-0.3, -0.25) is 0 Å². The van der Waals surface area contributed by atoms with Crippen molar-refractivity contribution in [2.45, 2.75) is 17.9 Å². The van der Waals surface area contributed by atoms with Crippen LogP contribution in [0.2, 0.25) is 0 Å². The standard InChI is InChI=1S/C18H17NO5S/c1-4-13(2)19(18(20)21)25(22,23)17-11-7-15(8-12-17)14-5-9-16(24-3)10-6-14/h1,5-13H,2-3H3,(H,20,21). The van der Waals surface area contributed by atoms with Crippen LogP contribution in [0.4, 0.5) is 4.79 Å². The lowest BCUT2D eigenvalue weighted by molar-refractivity contribution is 0.168. The second-order valence-corrected chi connectivity index (χ2v) is 6.99. The van der Waals surface area contributed by atoms with Crippen molar-refractivity contribution in [3.8, 4) is 29.2 Å². The zero-order valence-electron chi connectivity index (χ0n) is 13.7. The highest BCUT2D eigenvalue weighted by atomic mass is 32.2. The molecule has 0 aliphatic rings. The third kappa shape index (κ3) is 3.75. The number of sulfonamides is 1. The van der Waals surface area contributed by atoms with Crippen molar-refractivity contribution < 1.29 is 23.1 Å². The van der Waals surface area contributed by atoms with E-state index in [1.54, 1.807) is 31.4 Å². The zero-order chi connectivity index (χ0) is 18.6. The maximum Gasteiger partial charge on any atom is 0.422 e. The summed E-state index contributed by atoms with van der Waals surface area (Å²) < 4.78 is 30.4. The molecule has 0 aliphatic carbocycles. The highest BCUT2D eigenvalue weighted by molar-refractivity contribution is 7.89. The normalized spacial score (nSPS) is 12.0. The van der Waals surface area contributed by atoms with Crippen LogP contribution in [0.3, 0.4) is 0 Å². The molecule has 25 heavy (non-hydrogen) atoms. The fourth-order valence-electron chi connectivity index (χ4n) is 2.26. The van der Waals surface area contributed by atoms with E-state index in [-0.39, 0.29) is 9.20 Å². The third-order valence-electron chi connectivity index (χ3n) is 3.62. The lowest BCUT2D eigenvalue weighted by Crippen LogP contribution is -2.41. The van der Waals surface area contributed by atoms with E-state index in [0.717, 1.165) is 11.1 Å². The van der Waals surface area contributed by atoms with Crippen molar-refractivity contribution >= 4 is 16.1 Å². The summed E-state index contributed by atoms with van der Waals surface area (Å²) in [5.74, 6) is 2.84. The lowest BCUT2D eigenvalue weighted by atomic mass is 10.1. The molecule has 1 amide bonds. The van der Waals surface area contributed by atoms with E-state index in [4.69, 9.17) is 11.2 Å². The minimum absolute atomic E-state index is 0.144. The Morgan fingerprint density at radius 1 is 1.12 bits per heavy atom. The highest BCUT2D eigenvalue weighted by Gasteiger charge is 2.32. The quantitative estimate of drug-likeness (QED) is 0.830. The Bertz CT molecular complexity index is 896. The van der Waals surface area contributed by atoms with Gasteiger partial charge in [0.1, 0.15) is 11.8 Å². The number of nitrogens with zero attached hydrogens (tertiary/aromatic N) is 1. The smallest absolute Gasteiger partial charge is 0.422 e. The number of hydrogen-bond donors (Lipinski definition) is 1. The first kappa shape index (κ1) is 18.4. The summed E-state index contributed by atoms with van der Waals surface area (Å²) in [4.78, 5) is 11.2. The van der Waals surface area contributed by atoms with Gasteiger partial charge in [-0.15, -0.1) is 6.42 Å². The fourth-order valence-corrected chi connectivity index (χ4v) is 3.65. The molecule has 7 heteroatoms. The monoisotopic (exact) mass is 359 g/mol. The molecule has 1 N–H and O–H groups in total. The largest absolute Gasteiger partial charge is 0.497 e. The van der Waals surface area contributed by atoms with Gasteiger partial charge in [0.05, 0.1) is 12.0 Å². The number of carboxylic acid groups (broad SMARTS) is 1. The van der Waals surface area contributed by atoms with Gasteiger partial charge in [-0.2, -0.15) is 4.31 Å². The van der Waals surface area contributed by atoms with Crippen molar-refractivity contribution in [1.82, 2.24) is 4.31 Å². The molecule has 0 bridgehead atoms. The van der Waals surface area contributed by atoms with Crippen molar-refractivity contribution in [1.29, 1.82) is 0 Å². The van der Waals surface area contributed by atoms with Crippen LogP contribution in [0.1, 0.15) is 6.92 Å². The number of amides is 1. The van der Waals surface area contributed by atoms with Gasteiger partial charge in [0.2, 0.25) is 0 Å². The molecule has 0 aliphatic heterocycles. The molecular weight excluding hydrogens is 342 g/mol. The maximum absolute atomic E-state index is 12.5. The maximum atomic E-state index is 12.5. The number of rotatable bonds is 5. The Kier molecular flexibility index (Phi) is 5.35. The van der Waals surface area contributed by atoms with Gasteiger partial charge in [-0.25, -0.2) is 13.2 Å². The van der Waals surface area contributed by atoms with Crippen molar-refractivity contribution in [3.63, 3.8) is 0 Å². The Labute approximate surface area is 146 Å². The second-order valence-electron chi connectivity index (χ2n) is 5.18. The van der Waals surface area contributed by atoms with Crippen LogP contribution in [0.25, 0.3) is 11.1 Å². The Morgan fingerprint density at radius 3 is 2.00 bits per heavy atom. The molecule has 1 unspecified atom stereocenters. The van der Waals surface area contributed by atoms with Crippen LogP contribution in [0, 0.1) is 12.3 Å². The van der Waals surface area contributed by atoms with Crippen LogP contribution >= 0.6 is 0 Å². The van der Waals surface area contributed by atoms with E-state index in [1.165, 1.54) is 19.1 Å². The number of hydrogen-bond acceptors (Lipinski definition) is 4. The molecule has 1 atom stereocenters. The average molecular weight is 359 g/mol. The van der Waals surface area contributed by atoms with E-state index in [1.807, 2.05) is 12.1 Å². The van der Waals surface area contributed by atoms with Crippen LogP contribution in [0.15, 0.2) is 53.4 Å². The van der Waals surface area contributed by atoms with Gasteiger partial charge in [-0.1, -0.05) is 30.2 Å². The van der Waals surface area contributed by atoms with Gasteiger partial charge in [0.25, 0.3) is 10.0 Å². The molecule has 2 rings (SSSR count). The zero-order valence-corrected chi connectivity index (χ0v) is 14.5. The summed E-state index contributed by atoms with van der Waals surface area (Å²) >= 11 is 0. The summed E-state index contributed by atoms with van der Waals surface area (Å²) in [6.45, 7) is 1.33. The molecular formula is C18H17NO5S. The lowest BCUT2D eigenvalue weighted by Gasteiger charge is -2.22. The number of methoxy groups -OCH3 is 1. The second kappa shape index (κ2) is 7.28. The van der Waals surface area contributed by atoms with E-state index in [9.17, 15) is 18.3 Å². The Morgan fingerprint density at radius 2 is 1.60 bits per heavy atom. The van der Waals surface area contributed by atoms with Crippen LogP contribution in [-0.4, -0.2) is 37.1 Å². The summed E-state index contributed by atoms with van der Waals surface area (Å²) in [7, 11) is -2.68. The number of benzene rings is 2. The molecule has 0 spiro atoms. The number of terminal acetylenes is 1. The first-order valence-corrected chi connectivity index (χ1v) is 8.73. The molecule has 2 aromatic carbocycles. The Balaban J connectivity index is 2.37. The topological polar surface area (TPSA) is 83.9 Å². The van der Waals surface area contributed by atoms with Gasteiger partial charge in [0.15, 0.2) is 0 Å². The van der Waals surface area contributed by atoms with E-state index < -0.39 is 22.2 Å². The molecule has 0 heterocycles. The van der Waals surface area contributed by atoms with E-state index >= 15 is 0 Å². The minimum atomic E-state index is -4.25. The van der Waals surface area contributed by atoms with Gasteiger partial charge < -0.3 is 9.84 Å². The van der Waals surface area contributed by atoms with Crippen molar-refractivity contribution in [3.05, 3.63) is 48.5 Å². The predicted octanol–water partition coefficient (Wildman–Crippen LogP) is 3.05. The predicted molar refractivity (Wildman–Crippen MR) is 93.8 cm³/mol. The Hall–Kier alpha value is -2.98. The highest BCUT2D eigenvalue weighted by Crippen LogP contribution is 2.25. The molecule has 0 saturated carbocycles. The van der Waals surface area contributed by atoms with Crippen molar-refractivity contribution in [2.24, 2.45) is 0 Å². The summed E-state index contributed by atoms with van der Waals surface area (Å²) in [6, 6.07) is 12.1. The molecule has 0 fully saturated rings. The van der Waals surface area contributed by atoms with Gasteiger partial charge in [-0.05, 0) is 42.3 Å². The van der Waals surface area contributed by atoms with Crippen LogP contribution < -0.4 is 4.74 Å². The molecule has 130 valence electrons. The van der Waals surface area contributed by atoms with Crippen molar-refractivity contribution in [2.75, 3.05) is 7.11 Å². The van der Waals surface area contributed by atoms with E-state index in [2.05, 4.69) is 5.92 Å². The van der Waals surface area contributed by atoms with Crippen LogP contribution in [-0.2, 0) is 10.0 Å². The molecule has 6 nitrogen and oxygen atoms in total. The summed E-state index contributed by atoms with van der Waals surface area (Å²) in [6.07, 6.45) is 3.56. The number of carbonyl (C=O) groups is 1. The average Bonchev–Trinajstić information content (AvgIpc) is 2.61. The fraction of sp³-hybridized carbons (Fsp3) is 0.167. The van der Waals surface area contributed by atoms with Gasteiger partial charge >= 0.3 is 6.09 Å². The van der Waals surface area contributed by atoms with E-state index in [0.29, 0.717) is 5.75 Å². The first-order chi connectivity index (χ1) is 11.8. The SMILES string of the molecule is C#CC(C)N(C(=O)O)S(=O)(=O)c1ccc(-c2ccc(OC)cc2)cc1. The molecule has 2 aromatic rings. The minimum Gasteiger partial charge on any atom is -0.497 e. The molecule has 0 radical (unpaired) electrons. The number of ether oxygens (including phenoxy) is 1. The molecule has 0 saturated heterocycles. The van der Waals surface area contributed by atoms with Gasteiger partial charge in [0, 0.05) is 0 Å².